The van der Waals surface area contributed by atoms with Gasteiger partial charge < -0.3 is 9.64 Å². The minimum Gasteiger partial charge on any atom is -0.360 e. The molecule has 1 amide bonds. The molecule has 0 spiro atoms. The second-order valence-corrected chi connectivity index (χ2v) is 4.81. The number of morpholine rings is 1. The lowest BCUT2D eigenvalue weighted by atomic mass is 10.1. The summed E-state index contributed by atoms with van der Waals surface area (Å²) >= 11 is 3.14. The Labute approximate surface area is 112 Å². The first-order chi connectivity index (χ1) is 8.60. The highest BCUT2D eigenvalue weighted by Crippen LogP contribution is 2.17. The van der Waals surface area contributed by atoms with E-state index in [4.69, 9.17) is 10.00 Å². The Morgan fingerprint density at radius 3 is 3.00 bits per heavy atom. The lowest BCUT2D eigenvalue weighted by molar-refractivity contribution is 0.00345. The first-order valence-electron chi connectivity index (χ1n) is 5.37. The van der Waals surface area contributed by atoms with E-state index in [0.717, 1.165) is 0 Å². The fraction of sp³-hybridized carbons (Fsp3) is 0.333. The molecule has 0 bridgehead atoms. The van der Waals surface area contributed by atoms with Gasteiger partial charge in [-0.2, -0.15) is 5.26 Å². The van der Waals surface area contributed by atoms with Gasteiger partial charge in [0.2, 0.25) is 0 Å². The minimum absolute atomic E-state index is 0.212. The number of hydrogen-bond donors (Lipinski definition) is 0. The molecule has 2 rings (SSSR count). The van der Waals surface area contributed by atoms with Gasteiger partial charge in [-0.3, -0.25) is 4.79 Å². The maximum absolute atomic E-state index is 13.2. The van der Waals surface area contributed by atoms with Crippen molar-refractivity contribution in [1.29, 1.82) is 5.26 Å². The van der Waals surface area contributed by atoms with E-state index in [9.17, 15) is 9.18 Å². The summed E-state index contributed by atoms with van der Waals surface area (Å²) in [6.45, 7) is 0.940. The Hall–Kier alpha value is -1.45. The summed E-state index contributed by atoms with van der Waals surface area (Å²) in [4.78, 5) is 13.6. The average molecular weight is 313 g/mol. The number of halogens is 2. The summed E-state index contributed by atoms with van der Waals surface area (Å²) in [6, 6.07) is 5.99. The third-order valence-electron chi connectivity index (χ3n) is 2.61. The fourth-order valence-corrected chi connectivity index (χ4v) is 2.24. The average Bonchev–Trinajstić information content (AvgIpc) is 2.37. The van der Waals surface area contributed by atoms with Crippen LogP contribution in [0, 0.1) is 17.1 Å². The van der Waals surface area contributed by atoms with Crippen LogP contribution >= 0.6 is 15.9 Å². The first kappa shape index (κ1) is 13.0. The van der Waals surface area contributed by atoms with Crippen molar-refractivity contribution in [2.24, 2.45) is 0 Å². The molecule has 4 nitrogen and oxygen atoms in total. The number of amides is 1. The van der Waals surface area contributed by atoms with Gasteiger partial charge in [-0.15, -0.1) is 0 Å². The quantitative estimate of drug-likeness (QED) is 0.796. The molecule has 0 saturated carbocycles. The Kier molecular flexibility index (Phi) is 3.94. The molecule has 1 aliphatic rings. The van der Waals surface area contributed by atoms with Crippen LogP contribution in [0.2, 0.25) is 0 Å². The smallest absolute Gasteiger partial charge is 0.254 e. The summed E-state index contributed by atoms with van der Waals surface area (Å²) in [6.07, 6.45) is -0.611. The van der Waals surface area contributed by atoms with Crippen molar-refractivity contribution in [3.05, 3.63) is 34.1 Å². The summed E-state index contributed by atoms with van der Waals surface area (Å²) < 4.78 is 18.9. The third kappa shape index (κ3) is 2.86. The van der Waals surface area contributed by atoms with Crippen molar-refractivity contribution < 1.29 is 13.9 Å². The third-order valence-corrected chi connectivity index (χ3v) is 3.06. The molecule has 18 heavy (non-hydrogen) atoms. The molecule has 0 N–H and O–H groups in total. The van der Waals surface area contributed by atoms with Crippen LogP contribution in [0.4, 0.5) is 4.39 Å². The van der Waals surface area contributed by atoms with E-state index < -0.39 is 11.9 Å². The van der Waals surface area contributed by atoms with E-state index in [-0.39, 0.29) is 18.0 Å². The maximum Gasteiger partial charge on any atom is 0.254 e. The number of rotatable bonds is 1. The van der Waals surface area contributed by atoms with Crippen molar-refractivity contribution in [2.75, 3.05) is 19.7 Å². The van der Waals surface area contributed by atoms with Gasteiger partial charge in [0.05, 0.1) is 19.2 Å². The van der Waals surface area contributed by atoms with Crippen LogP contribution in [0.1, 0.15) is 10.4 Å². The molecule has 1 aromatic rings. The van der Waals surface area contributed by atoms with Gasteiger partial charge in [0.25, 0.3) is 5.91 Å². The number of nitrogens with zero attached hydrogens (tertiary/aromatic N) is 2. The Bertz CT molecular complexity index is 495. The predicted octanol–water partition coefficient (Wildman–Crippen LogP) is 1.95. The number of carbonyl (C=O) groups excluding carboxylic acids is 1. The SMILES string of the molecule is N#CC1CN(C(=O)c2cc(F)cc(Br)c2)CCO1. The van der Waals surface area contributed by atoms with Crippen molar-refractivity contribution in [2.45, 2.75) is 6.10 Å². The van der Waals surface area contributed by atoms with Crippen LogP contribution in [0.15, 0.2) is 22.7 Å². The van der Waals surface area contributed by atoms with Crippen LogP contribution in [-0.4, -0.2) is 36.6 Å². The number of benzene rings is 1. The van der Waals surface area contributed by atoms with E-state index in [0.29, 0.717) is 17.6 Å². The summed E-state index contributed by atoms with van der Waals surface area (Å²) in [5.41, 5.74) is 0.264. The van der Waals surface area contributed by atoms with E-state index in [2.05, 4.69) is 15.9 Å². The molecule has 1 unspecified atom stereocenters. The highest BCUT2D eigenvalue weighted by atomic mass is 79.9. The van der Waals surface area contributed by atoms with Crippen LogP contribution in [0.5, 0.6) is 0 Å². The second-order valence-electron chi connectivity index (χ2n) is 3.90. The normalized spacial score (nSPS) is 19.4. The largest absolute Gasteiger partial charge is 0.360 e. The molecule has 1 aromatic carbocycles. The standard InChI is InChI=1S/C12H10BrFN2O2/c13-9-3-8(4-10(14)5-9)12(17)16-1-2-18-11(6-15)7-16/h3-5,11H,1-2,7H2. The molecule has 0 radical (unpaired) electrons. The highest BCUT2D eigenvalue weighted by molar-refractivity contribution is 9.10. The maximum atomic E-state index is 13.2. The second kappa shape index (κ2) is 5.46. The predicted molar refractivity (Wildman–Crippen MR) is 65.4 cm³/mol. The van der Waals surface area contributed by atoms with E-state index in [1.807, 2.05) is 6.07 Å². The minimum atomic E-state index is -0.611. The van der Waals surface area contributed by atoms with Crippen molar-refractivity contribution in [1.82, 2.24) is 4.90 Å². The lowest BCUT2D eigenvalue weighted by Crippen LogP contribution is -2.45. The van der Waals surface area contributed by atoms with Crippen LogP contribution in [0.25, 0.3) is 0 Å². The van der Waals surface area contributed by atoms with Gasteiger partial charge in [0.1, 0.15) is 5.82 Å². The zero-order valence-corrected chi connectivity index (χ0v) is 11.0. The number of nitriles is 1. The van der Waals surface area contributed by atoms with Gasteiger partial charge in [-0.25, -0.2) is 4.39 Å². The van der Waals surface area contributed by atoms with Gasteiger partial charge in [0.15, 0.2) is 6.10 Å². The van der Waals surface area contributed by atoms with E-state index >= 15 is 0 Å². The lowest BCUT2D eigenvalue weighted by Gasteiger charge is -2.29. The summed E-state index contributed by atoms with van der Waals surface area (Å²) in [5.74, 6) is -0.767. The Morgan fingerprint density at radius 2 is 2.33 bits per heavy atom. The monoisotopic (exact) mass is 312 g/mol. The van der Waals surface area contributed by atoms with Crippen molar-refractivity contribution >= 4 is 21.8 Å². The van der Waals surface area contributed by atoms with Gasteiger partial charge in [-0.1, -0.05) is 15.9 Å². The summed E-state index contributed by atoms with van der Waals surface area (Å²) in [5, 5.41) is 8.77. The molecular formula is C12H10BrFN2O2. The molecule has 1 saturated heterocycles. The molecule has 1 atom stereocenters. The molecule has 1 fully saturated rings. The van der Waals surface area contributed by atoms with E-state index in [1.54, 1.807) is 6.07 Å². The summed E-state index contributed by atoms with van der Waals surface area (Å²) in [7, 11) is 0. The number of carbonyl (C=O) groups is 1. The molecule has 1 aliphatic heterocycles. The number of ether oxygens (including phenoxy) is 1. The molecule has 1 heterocycles. The van der Waals surface area contributed by atoms with Gasteiger partial charge in [0, 0.05) is 16.6 Å². The number of hydrogen-bond acceptors (Lipinski definition) is 3. The highest BCUT2D eigenvalue weighted by Gasteiger charge is 2.25. The molecule has 6 heteroatoms. The molecular weight excluding hydrogens is 303 g/mol. The van der Waals surface area contributed by atoms with Crippen LogP contribution in [-0.2, 0) is 4.74 Å². The molecule has 94 valence electrons. The van der Waals surface area contributed by atoms with E-state index in [1.165, 1.54) is 17.0 Å². The van der Waals surface area contributed by atoms with Crippen LogP contribution in [0.3, 0.4) is 0 Å². The molecule has 0 aliphatic carbocycles. The Morgan fingerprint density at radius 1 is 1.56 bits per heavy atom. The van der Waals surface area contributed by atoms with Crippen LogP contribution < -0.4 is 0 Å². The topological polar surface area (TPSA) is 53.3 Å². The zero-order chi connectivity index (χ0) is 13.1. The zero-order valence-electron chi connectivity index (χ0n) is 9.40. The Balaban J connectivity index is 2.18. The van der Waals surface area contributed by atoms with Crippen molar-refractivity contribution in [3.8, 4) is 6.07 Å². The molecule has 0 aromatic heterocycles. The van der Waals surface area contributed by atoms with Gasteiger partial charge >= 0.3 is 0 Å². The first-order valence-corrected chi connectivity index (χ1v) is 6.16. The van der Waals surface area contributed by atoms with Crippen molar-refractivity contribution in [3.63, 3.8) is 0 Å². The fourth-order valence-electron chi connectivity index (χ4n) is 1.77. The van der Waals surface area contributed by atoms with Gasteiger partial charge in [-0.05, 0) is 18.2 Å².